The van der Waals surface area contributed by atoms with Crippen molar-refractivity contribution in [3.63, 3.8) is 0 Å². The van der Waals surface area contributed by atoms with E-state index < -0.39 is 185 Å². The number of carbonyl (C=O) groups excluding carboxylic acids is 12. The molecule has 29 heteroatoms. The van der Waals surface area contributed by atoms with Crippen molar-refractivity contribution < 1.29 is 75.4 Å². The molecule has 3 aliphatic heterocycles. The summed E-state index contributed by atoms with van der Waals surface area (Å²) in [5, 5.41) is 7.69. The van der Waals surface area contributed by atoms with Crippen molar-refractivity contribution in [3.05, 3.63) is 12.2 Å². The van der Waals surface area contributed by atoms with Crippen LogP contribution < -0.4 is 16.0 Å². The van der Waals surface area contributed by atoms with E-state index in [4.69, 9.17) is 16.3 Å². The van der Waals surface area contributed by atoms with E-state index in [1.165, 1.54) is 95.6 Å². The van der Waals surface area contributed by atoms with E-state index in [0.29, 0.717) is 38.0 Å². The van der Waals surface area contributed by atoms with Gasteiger partial charge in [-0.3, -0.25) is 57.5 Å². The second-order valence-electron chi connectivity index (χ2n) is 33.1. The van der Waals surface area contributed by atoms with Crippen LogP contribution in [0.4, 0.5) is 13.2 Å². The van der Waals surface area contributed by atoms with Crippen LogP contribution in [-0.2, 0) is 62.3 Å². The van der Waals surface area contributed by atoms with Gasteiger partial charge in [0, 0.05) is 87.9 Å². The first-order chi connectivity index (χ1) is 49.8. The van der Waals surface area contributed by atoms with Crippen molar-refractivity contribution in [1.82, 2.24) is 60.0 Å². The summed E-state index contributed by atoms with van der Waals surface area (Å²) in [6.45, 7) is 12.2. The maximum atomic E-state index is 15.7. The minimum atomic E-state index is -4.53. The molecule has 3 heterocycles. The monoisotopic (exact) mass is 1520 g/mol. The smallest absolute Gasteiger partial charge is 0.377 e. The number of fused-ring (bicyclic) bond motifs is 3. The number of amides is 12. The number of ether oxygens (including phenoxy) is 1. The molecule has 7 aliphatic rings. The molecule has 2 bridgehead atoms. The van der Waals surface area contributed by atoms with Gasteiger partial charge in [0.05, 0.1) is 31.5 Å². The molecule has 598 valence electrons. The van der Waals surface area contributed by atoms with Crippen LogP contribution >= 0.6 is 11.6 Å². The Kier molecular flexibility index (Phi) is 30.8. The van der Waals surface area contributed by atoms with E-state index in [9.17, 15) is 37.1 Å². The molecular formula is C77H124ClF3N12O13. The second kappa shape index (κ2) is 37.7. The van der Waals surface area contributed by atoms with Gasteiger partial charge in [-0.25, -0.2) is 0 Å². The maximum absolute atomic E-state index is 15.7. The average molecular weight is 1520 g/mol. The van der Waals surface area contributed by atoms with Gasteiger partial charge in [0.1, 0.15) is 53.9 Å². The largest absolute Gasteiger partial charge is 0.393 e. The Hall–Kier alpha value is -6.58. The van der Waals surface area contributed by atoms with Crippen molar-refractivity contribution in [2.24, 2.45) is 40.9 Å². The minimum Gasteiger partial charge on any atom is -0.377 e. The lowest BCUT2D eigenvalue weighted by Gasteiger charge is -2.54. The standard InChI is InChI=1S/C77H124ClF3N12O13/c1-16-25-56-66(97)83-64(51-26-21-19-22-27-51)72(103)87(11)44-63(96)89(13)57-28-23-20-24-37-92(71(57)102)60(39-50-31-29-47(4)30-32-50)70(101)86(10)43-61(94)82-55(36-34-49-33-35-53(54(78)38-49)77(79,80)81)68(99)93-42-52(106-18-3)40-58(93)67(98)84-76(45-75(6,7)46-76)74(105)91(15)65(48(5)17-2)73(104)90(14)59(69(100)85(8)9)41-62(95)88(56)12/h20,23,47-60,64-65H,16-19,21-22,24-46H2,1-15H3,(H,82,94)(H,83,97)(H,84,98)/b23-20-/t47?,48-,49?,50?,52+,53?,54?,55-,56-,57-,58-,59-,60-,64-,65-/m0/s1. The highest BCUT2D eigenvalue weighted by atomic mass is 35.5. The summed E-state index contributed by atoms with van der Waals surface area (Å²) in [6, 6.07) is -10.1. The first kappa shape index (κ1) is 86.7. The van der Waals surface area contributed by atoms with Gasteiger partial charge < -0.3 is 64.8 Å². The summed E-state index contributed by atoms with van der Waals surface area (Å²) in [7, 11) is 11.5. The van der Waals surface area contributed by atoms with Crippen molar-refractivity contribution in [3.8, 4) is 0 Å². The molecule has 0 aromatic carbocycles. The fraction of sp³-hybridized carbons (Fsp3) is 0.818. The molecule has 0 radical (unpaired) electrons. The van der Waals surface area contributed by atoms with Gasteiger partial charge >= 0.3 is 6.18 Å². The summed E-state index contributed by atoms with van der Waals surface area (Å²) >= 11 is 6.47. The Labute approximate surface area is 631 Å². The quantitative estimate of drug-likeness (QED) is 0.125. The van der Waals surface area contributed by atoms with Gasteiger partial charge in [-0.15, -0.1) is 11.6 Å². The predicted molar refractivity (Wildman–Crippen MR) is 394 cm³/mol. The lowest BCUT2D eigenvalue weighted by Crippen LogP contribution is -2.71. The number of carbonyl (C=O) groups is 12. The molecule has 0 aromatic heterocycles. The van der Waals surface area contributed by atoms with Crippen molar-refractivity contribution >= 4 is 82.5 Å². The summed E-state index contributed by atoms with van der Waals surface area (Å²) in [5.41, 5.74) is -2.20. The zero-order chi connectivity index (χ0) is 78.6. The van der Waals surface area contributed by atoms with Crippen LogP contribution in [0, 0.1) is 40.9 Å². The van der Waals surface area contributed by atoms with E-state index in [-0.39, 0.29) is 102 Å². The van der Waals surface area contributed by atoms with Crippen LogP contribution in [0.2, 0.25) is 0 Å². The Morgan fingerprint density at radius 1 is 0.679 bits per heavy atom. The molecule has 1 spiro atoms. The molecule has 3 N–H and O–H groups in total. The number of alkyl halides is 4. The Morgan fingerprint density at radius 2 is 1.32 bits per heavy atom. The SMILES string of the molecule is CCC[C@H]1C(=O)N[C@@H](C2CCCCC2)C(=O)N(C)CC(=O)N(C)[C@H]2C/C=C\CCN(C2=O)[C@@H](CC2CCC(C)CC2)C(=O)N(C)CC(=O)N[C@@H](CCC2CCC(C(F)(F)F)C(Cl)C2)C(=O)N2C[C@H](OCC)C[C@H]2C(=O)NC2(CC(C)(C)C2)C(=O)N(C)[C@@H]([C@@H](C)CC)C(=O)N(C)[C@H](C(=O)N(C)C)CC(=O)N1C. The summed E-state index contributed by atoms with van der Waals surface area (Å²) in [5.74, 6) is -10.5. The molecule has 6 fully saturated rings. The van der Waals surface area contributed by atoms with Crippen molar-refractivity contribution in [2.45, 2.75) is 274 Å². The first-order valence-corrected chi connectivity index (χ1v) is 39.5. The summed E-state index contributed by atoms with van der Waals surface area (Å²) in [4.78, 5) is 194. The number of hydrogen-bond donors (Lipinski definition) is 3. The van der Waals surface area contributed by atoms with E-state index in [1.54, 1.807) is 19.9 Å². The lowest BCUT2D eigenvalue weighted by atomic mass is 9.58. The fourth-order valence-electron chi connectivity index (χ4n) is 17.8. The Morgan fingerprint density at radius 3 is 1.92 bits per heavy atom. The van der Waals surface area contributed by atoms with E-state index in [0.717, 1.165) is 49.8 Å². The minimum absolute atomic E-state index is 0.00388. The third-order valence-electron chi connectivity index (χ3n) is 24.2. The number of hydrogen-bond acceptors (Lipinski definition) is 13. The molecule has 25 nitrogen and oxygen atoms in total. The fourth-order valence-corrected chi connectivity index (χ4v) is 18.4. The molecule has 13 atom stereocenters. The van der Waals surface area contributed by atoms with Crippen molar-refractivity contribution in [1.29, 1.82) is 0 Å². The van der Waals surface area contributed by atoms with Crippen molar-refractivity contribution in [2.75, 3.05) is 89.2 Å². The number of nitrogens with one attached hydrogen (secondary N) is 3. The average Bonchev–Trinajstić information content (AvgIpc) is 0.862. The lowest BCUT2D eigenvalue weighted by molar-refractivity contribution is -0.182. The highest BCUT2D eigenvalue weighted by molar-refractivity contribution is 6.21. The normalized spacial score (nSPS) is 32.0. The van der Waals surface area contributed by atoms with Gasteiger partial charge in [0.2, 0.25) is 70.9 Å². The number of nitrogens with zero attached hydrogens (tertiary/aromatic N) is 9. The van der Waals surface area contributed by atoms with Gasteiger partial charge in [0.25, 0.3) is 0 Å². The molecule has 12 amide bonds. The highest BCUT2D eigenvalue weighted by Gasteiger charge is 2.59. The van der Waals surface area contributed by atoms with Crippen LogP contribution in [-0.4, -0.2) is 276 Å². The topological polar surface area (TPSA) is 279 Å². The zero-order valence-electron chi connectivity index (χ0n) is 65.7. The third kappa shape index (κ3) is 21.3. The van der Waals surface area contributed by atoms with Crippen LogP contribution in [0.15, 0.2) is 12.2 Å². The van der Waals surface area contributed by atoms with E-state index in [2.05, 4.69) is 22.9 Å². The second-order valence-corrected chi connectivity index (χ2v) is 33.7. The van der Waals surface area contributed by atoms with Crippen LogP contribution in [0.5, 0.6) is 0 Å². The zero-order valence-corrected chi connectivity index (χ0v) is 66.5. The van der Waals surface area contributed by atoms with E-state index in [1.807, 2.05) is 33.8 Å². The summed E-state index contributed by atoms with van der Waals surface area (Å²) < 4.78 is 48.6. The molecule has 2 saturated heterocycles. The van der Waals surface area contributed by atoms with Gasteiger partial charge in [-0.1, -0.05) is 111 Å². The van der Waals surface area contributed by atoms with Gasteiger partial charge in [-0.2, -0.15) is 13.2 Å². The number of likely N-dealkylation sites (N-methyl/N-ethyl adjacent to an activating group) is 7. The van der Waals surface area contributed by atoms with Gasteiger partial charge in [-0.05, 0) is 125 Å². The van der Waals surface area contributed by atoms with E-state index >= 15 is 33.6 Å². The molecular weight excluding hydrogens is 1390 g/mol. The molecule has 4 aliphatic carbocycles. The number of halogens is 4. The third-order valence-corrected chi connectivity index (χ3v) is 24.7. The van der Waals surface area contributed by atoms with Crippen LogP contribution in [0.3, 0.4) is 0 Å². The Bertz CT molecular complexity index is 3160. The molecule has 4 saturated carbocycles. The Balaban J connectivity index is 1.33. The molecule has 7 rings (SSSR count). The van der Waals surface area contributed by atoms with Crippen LogP contribution in [0.1, 0.15) is 203 Å². The first-order valence-electron chi connectivity index (χ1n) is 39.1. The molecule has 3 unspecified atom stereocenters. The number of rotatable bonds is 13. The van der Waals surface area contributed by atoms with Crippen LogP contribution in [0.25, 0.3) is 0 Å². The highest BCUT2D eigenvalue weighted by Crippen LogP contribution is 2.50. The van der Waals surface area contributed by atoms with Gasteiger partial charge in [0.15, 0.2) is 0 Å². The molecule has 106 heavy (non-hydrogen) atoms. The maximum Gasteiger partial charge on any atom is 0.393 e. The summed E-state index contributed by atoms with van der Waals surface area (Å²) in [6.07, 6.45) is 6.28. The molecule has 0 aromatic rings. The predicted octanol–water partition coefficient (Wildman–Crippen LogP) is 6.91.